The first-order valence-corrected chi connectivity index (χ1v) is 6.59. The molecule has 0 spiro atoms. The largest absolute Gasteiger partial charge is 0.441 e. The van der Waals surface area contributed by atoms with Crippen LogP contribution in [0, 0.1) is 6.92 Å². The molecule has 0 unspecified atom stereocenters. The van der Waals surface area contributed by atoms with Crippen molar-refractivity contribution in [2.45, 2.75) is 26.2 Å². The van der Waals surface area contributed by atoms with Gasteiger partial charge in [-0.05, 0) is 31.9 Å². The highest BCUT2D eigenvalue weighted by atomic mass is 16.4. The number of allylic oxidation sites excluding steroid dienone is 2. The first-order valence-electron chi connectivity index (χ1n) is 6.59. The van der Waals surface area contributed by atoms with Gasteiger partial charge in [0.1, 0.15) is 5.76 Å². The van der Waals surface area contributed by atoms with Crippen molar-refractivity contribution in [3.8, 4) is 11.5 Å². The van der Waals surface area contributed by atoms with E-state index in [1.807, 2.05) is 37.3 Å². The molecule has 2 aromatic rings. The highest BCUT2D eigenvalue weighted by Gasteiger charge is 2.09. The average Bonchev–Trinajstić information content (AvgIpc) is 2.81. The van der Waals surface area contributed by atoms with Gasteiger partial charge in [-0.1, -0.05) is 30.4 Å². The van der Waals surface area contributed by atoms with Gasteiger partial charge in [0.05, 0.1) is 5.69 Å². The second-order valence-corrected chi connectivity index (χ2v) is 4.43. The zero-order valence-corrected chi connectivity index (χ0v) is 11.2. The van der Waals surface area contributed by atoms with Crippen LogP contribution in [0.2, 0.25) is 0 Å². The minimum atomic E-state index is 0.242. The molecule has 1 N–H and O–H groups in total. The van der Waals surface area contributed by atoms with Gasteiger partial charge in [0, 0.05) is 18.6 Å². The summed E-state index contributed by atoms with van der Waals surface area (Å²) >= 11 is 0. The quantitative estimate of drug-likeness (QED) is 0.636. The summed E-state index contributed by atoms with van der Waals surface area (Å²) in [6.07, 6.45) is 6.64. The Morgan fingerprint density at radius 2 is 2.00 bits per heavy atom. The van der Waals surface area contributed by atoms with E-state index in [1.165, 1.54) is 0 Å². The number of nitrogens with zero attached hydrogens (tertiary/aromatic N) is 1. The van der Waals surface area contributed by atoms with Gasteiger partial charge in [0.15, 0.2) is 0 Å². The number of hydrogen-bond donors (Lipinski definition) is 1. The van der Waals surface area contributed by atoms with E-state index in [9.17, 15) is 0 Å². The summed E-state index contributed by atoms with van der Waals surface area (Å²) in [5.41, 5.74) is 1.97. The molecule has 3 nitrogen and oxygen atoms in total. The molecule has 1 aromatic carbocycles. The van der Waals surface area contributed by atoms with Gasteiger partial charge in [-0.3, -0.25) is 0 Å². The monoisotopic (exact) mass is 257 g/mol. The van der Waals surface area contributed by atoms with Crippen LogP contribution in [-0.4, -0.2) is 16.7 Å². The Morgan fingerprint density at radius 3 is 2.74 bits per heavy atom. The van der Waals surface area contributed by atoms with Crippen LogP contribution in [0.3, 0.4) is 0 Å². The minimum Gasteiger partial charge on any atom is -0.441 e. The third-order valence-electron chi connectivity index (χ3n) is 2.92. The molecule has 0 aliphatic heterocycles. The standard InChI is InChI=1S/C16H19NO2/c1-13-15(11-7-2-3-8-12-18)17-16(19-13)14-9-5-4-6-10-14/h2,4-7,9-10,18H,3,8,11-12H2,1H3/b7-2+. The summed E-state index contributed by atoms with van der Waals surface area (Å²) in [5, 5.41) is 8.69. The Morgan fingerprint density at radius 1 is 1.21 bits per heavy atom. The first kappa shape index (κ1) is 13.6. The fourth-order valence-corrected chi connectivity index (χ4v) is 1.84. The zero-order valence-electron chi connectivity index (χ0n) is 11.2. The molecule has 0 aliphatic carbocycles. The van der Waals surface area contributed by atoms with Crippen molar-refractivity contribution >= 4 is 0 Å². The molecule has 19 heavy (non-hydrogen) atoms. The van der Waals surface area contributed by atoms with Crippen molar-refractivity contribution in [1.82, 2.24) is 4.98 Å². The zero-order chi connectivity index (χ0) is 13.5. The van der Waals surface area contributed by atoms with E-state index in [0.717, 1.165) is 36.3 Å². The molecule has 100 valence electrons. The molecule has 0 atom stereocenters. The van der Waals surface area contributed by atoms with Crippen LogP contribution in [0.25, 0.3) is 11.5 Å². The smallest absolute Gasteiger partial charge is 0.226 e. The molecule has 0 saturated carbocycles. The van der Waals surface area contributed by atoms with Gasteiger partial charge >= 0.3 is 0 Å². The SMILES string of the molecule is Cc1oc(-c2ccccc2)nc1C/C=C/CCCO. The number of unbranched alkanes of at least 4 members (excludes halogenated alkanes) is 1. The molecular weight excluding hydrogens is 238 g/mol. The van der Waals surface area contributed by atoms with Crippen LogP contribution in [0.1, 0.15) is 24.3 Å². The Balaban J connectivity index is 2.03. The van der Waals surface area contributed by atoms with Crippen molar-refractivity contribution in [3.63, 3.8) is 0 Å². The Bertz CT molecular complexity index is 529. The van der Waals surface area contributed by atoms with Crippen molar-refractivity contribution in [1.29, 1.82) is 0 Å². The molecule has 0 amide bonds. The van der Waals surface area contributed by atoms with Crippen molar-refractivity contribution in [2.24, 2.45) is 0 Å². The van der Waals surface area contributed by atoms with Crippen LogP contribution >= 0.6 is 0 Å². The molecule has 1 heterocycles. The van der Waals surface area contributed by atoms with Gasteiger partial charge in [-0.15, -0.1) is 0 Å². The molecule has 1 aromatic heterocycles. The number of aliphatic hydroxyl groups is 1. The number of aryl methyl sites for hydroxylation is 1. The van der Waals surface area contributed by atoms with Crippen molar-refractivity contribution in [3.05, 3.63) is 53.9 Å². The Kier molecular flexibility index (Phi) is 4.93. The Labute approximate surface area is 113 Å². The molecule has 0 fully saturated rings. The van der Waals surface area contributed by atoms with Crippen molar-refractivity contribution < 1.29 is 9.52 Å². The topological polar surface area (TPSA) is 46.3 Å². The maximum Gasteiger partial charge on any atom is 0.226 e. The van der Waals surface area contributed by atoms with Crippen LogP contribution in [0.15, 0.2) is 46.9 Å². The number of rotatable bonds is 6. The summed E-state index contributed by atoms with van der Waals surface area (Å²) in [5.74, 6) is 1.54. The van der Waals surface area contributed by atoms with E-state index in [-0.39, 0.29) is 6.61 Å². The minimum absolute atomic E-state index is 0.242. The molecule has 0 bridgehead atoms. The third kappa shape index (κ3) is 3.80. The van der Waals surface area contributed by atoms with E-state index < -0.39 is 0 Å². The normalized spacial score (nSPS) is 11.3. The van der Waals surface area contributed by atoms with E-state index >= 15 is 0 Å². The van der Waals surface area contributed by atoms with Gasteiger partial charge in [0.2, 0.25) is 5.89 Å². The third-order valence-corrected chi connectivity index (χ3v) is 2.92. The molecule has 0 radical (unpaired) electrons. The van der Waals surface area contributed by atoms with Crippen LogP contribution < -0.4 is 0 Å². The van der Waals surface area contributed by atoms with Crippen LogP contribution in [0.5, 0.6) is 0 Å². The van der Waals surface area contributed by atoms with Gasteiger partial charge in [-0.25, -0.2) is 4.98 Å². The predicted molar refractivity (Wildman–Crippen MR) is 75.8 cm³/mol. The molecular formula is C16H19NO2. The van der Waals surface area contributed by atoms with E-state index in [1.54, 1.807) is 0 Å². The lowest BCUT2D eigenvalue weighted by atomic mass is 10.2. The van der Waals surface area contributed by atoms with E-state index in [2.05, 4.69) is 17.1 Å². The van der Waals surface area contributed by atoms with E-state index in [4.69, 9.17) is 9.52 Å². The number of benzene rings is 1. The summed E-state index contributed by atoms with van der Waals surface area (Å²) < 4.78 is 5.69. The lowest BCUT2D eigenvalue weighted by Gasteiger charge is -1.92. The first-order chi connectivity index (χ1) is 9.31. The maximum absolute atomic E-state index is 8.69. The van der Waals surface area contributed by atoms with Crippen molar-refractivity contribution in [2.75, 3.05) is 6.61 Å². The second-order valence-electron chi connectivity index (χ2n) is 4.43. The average molecular weight is 257 g/mol. The molecule has 0 saturated heterocycles. The second kappa shape index (κ2) is 6.90. The summed E-state index contributed by atoms with van der Waals surface area (Å²) in [6.45, 7) is 2.18. The summed E-state index contributed by atoms with van der Waals surface area (Å²) in [7, 11) is 0. The van der Waals surface area contributed by atoms with Gasteiger partial charge in [0.25, 0.3) is 0 Å². The lowest BCUT2D eigenvalue weighted by Crippen LogP contribution is -1.85. The number of hydrogen-bond acceptors (Lipinski definition) is 3. The fraction of sp³-hybridized carbons (Fsp3) is 0.312. The summed E-state index contributed by atoms with van der Waals surface area (Å²) in [4.78, 5) is 4.53. The number of oxazole rings is 1. The lowest BCUT2D eigenvalue weighted by molar-refractivity contribution is 0.289. The van der Waals surface area contributed by atoms with Crippen LogP contribution in [-0.2, 0) is 6.42 Å². The fourth-order valence-electron chi connectivity index (χ4n) is 1.84. The number of aliphatic hydroxyl groups excluding tert-OH is 1. The summed E-state index contributed by atoms with van der Waals surface area (Å²) in [6, 6.07) is 9.91. The van der Waals surface area contributed by atoms with Crippen LogP contribution in [0.4, 0.5) is 0 Å². The van der Waals surface area contributed by atoms with Gasteiger partial charge in [-0.2, -0.15) is 0 Å². The predicted octanol–water partition coefficient (Wildman–Crippen LogP) is 3.52. The molecule has 0 aliphatic rings. The van der Waals surface area contributed by atoms with Gasteiger partial charge < -0.3 is 9.52 Å². The number of aromatic nitrogens is 1. The van der Waals surface area contributed by atoms with E-state index in [0.29, 0.717) is 5.89 Å². The Hall–Kier alpha value is -1.87. The highest BCUT2D eigenvalue weighted by molar-refractivity contribution is 5.53. The molecule has 3 heteroatoms. The highest BCUT2D eigenvalue weighted by Crippen LogP contribution is 2.21. The maximum atomic E-state index is 8.69. The molecule has 2 rings (SSSR count).